The number of amides is 1. The number of ketones is 1. The number of alkyl halides is 5. The Bertz CT molecular complexity index is 1110. The van der Waals surface area contributed by atoms with Crippen LogP contribution in [0.15, 0.2) is 48.5 Å². The van der Waals surface area contributed by atoms with Crippen molar-refractivity contribution in [1.29, 1.82) is 0 Å². The predicted octanol–water partition coefficient (Wildman–Crippen LogP) is 5.25. The number of anilines is 1. The number of hydrogen-bond acceptors (Lipinski definition) is 4. The van der Waals surface area contributed by atoms with E-state index in [2.05, 4.69) is 16.9 Å². The van der Waals surface area contributed by atoms with Crippen molar-refractivity contribution in [3.8, 4) is 5.75 Å². The highest BCUT2D eigenvalue weighted by Crippen LogP contribution is 2.38. The lowest BCUT2D eigenvalue weighted by Crippen LogP contribution is -2.46. The molecule has 2 N–H and O–H groups in total. The molecule has 0 bridgehead atoms. The zero-order valence-corrected chi connectivity index (χ0v) is 18.7. The molecular weight excluding hydrogens is 464 g/mol. The van der Waals surface area contributed by atoms with E-state index in [9.17, 15) is 27.2 Å². The molecule has 0 aromatic heterocycles. The number of nitrogens with one attached hydrogen (secondary N) is 2. The van der Waals surface area contributed by atoms with Crippen molar-refractivity contribution in [2.24, 2.45) is 0 Å². The van der Waals surface area contributed by atoms with Crippen molar-refractivity contribution in [3.63, 3.8) is 0 Å². The summed E-state index contributed by atoms with van der Waals surface area (Å²) in [6.07, 6.45) is 2.15. The van der Waals surface area contributed by atoms with E-state index in [0.29, 0.717) is 11.4 Å². The van der Waals surface area contributed by atoms with Gasteiger partial charge in [-0.05, 0) is 73.8 Å². The van der Waals surface area contributed by atoms with Crippen LogP contribution in [0.4, 0.5) is 23.2 Å². The van der Waals surface area contributed by atoms with Gasteiger partial charge in [0.1, 0.15) is 5.75 Å². The van der Waals surface area contributed by atoms with Crippen LogP contribution < -0.4 is 15.4 Å². The summed E-state index contributed by atoms with van der Waals surface area (Å²) in [6, 6.07) is 10.5. The van der Waals surface area contributed by atoms with Gasteiger partial charge in [0.05, 0.1) is 7.11 Å². The van der Waals surface area contributed by atoms with Gasteiger partial charge in [0.15, 0.2) is 5.78 Å². The third-order valence-electron chi connectivity index (χ3n) is 5.06. The second-order valence-corrected chi connectivity index (χ2v) is 8.71. The smallest absolute Gasteiger partial charge is 0.401 e. The first kappa shape index (κ1) is 24.6. The molecule has 1 heterocycles. The maximum atomic E-state index is 13.3. The minimum atomic E-state index is -5.11. The summed E-state index contributed by atoms with van der Waals surface area (Å²) in [7, 11) is 1.54. The molecule has 0 atom stereocenters. The molecule has 3 rings (SSSR count). The van der Waals surface area contributed by atoms with E-state index in [-0.39, 0.29) is 22.6 Å². The molecule has 2 aromatic carbocycles. The normalized spacial score (nSPS) is 16.5. The maximum Gasteiger partial charge on any atom is 0.401 e. The largest absolute Gasteiger partial charge is 0.497 e. The number of fused-ring (bicyclic) bond motifs is 1. The number of benzene rings is 2. The second-order valence-electron chi connectivity index (χ2n) is 8.23. The van der Waals surface area contributed by atoms with Gasteiger partial charge in [-0.25, -0.2) is 0 Å². The Morgan fingerprint density at radius 2 is 1.76 bits per heavy atom. The zero-order chi connectivity index (χ0) is 24.6. The Kier molecular flexibility index (Phi) is 6.48. The van der Waals surface area contributed by atoms with Gasteiger partial charge in [-0.1, -0.05) is 6.07 Å². The Balaban J connectivity index is 1.83. The quantitative estimate of drug-likeness (QED) is 0.254. The first-order valence-corrected chi connectivity index (χ1v) is 10.2. The number of ether oxygens (including phenoxy) is 1. The molecule has 33 heavy (non-hydrogen) atoms. The minimum Gasteiger partial charge on any atom is -0.497 e. The fourth-order valence-corrected chi connectivity index (χ4v) is 3.51. The van der Waals surface area contributed by atoms with Crippen molar-refractivity contribution >= 4 is 34.7 Å². The third kappa shape index (κ3) is 5.30. The van der Waals surface area contributed by atoms with Crippen LogP contribution in [0.3, 0.4) is 0 Å². The van der Waals surface area contributed by atoms with Crippen LogP contribution >= 0.6 is 11.6 Å². The third-order valence-corrected chi connectivity index (χ3v) is 5.29. The summed E-state index contributed by atoms with van der Waals surface area (Å²) in [6.45, 7) is 3.99. The monoisotopic (exact) mass is 484 g/mol. The Labute approximate surface area is 192 Å². The van der Waals surface area contributed by atoms with Crippen molar-refractivity contribution in [3.05, 3.63) is 65.2 Å². The van der Waals surface area contributed by atoms with Gasteiger partial charge in [-0.15, -0.1) is 0 Å². The molecule has 0 saturated carbocycles. The molecule has 0 spiro atoms. The second kappa shape index (κ2) is 8.70. The van der Waals surface area contributed by atoms with Crippen LogP contribution in [0.5, 0.6) is 5.75 Å². The molecule has 10 heteroatoms. The zero-order valence-electron chi connectivity index (χ0n) is 17.9. The van der Waals surface area contributed by atoms with E-state index in [4.69, 9.17) is 4.74 Å². The first-order chi connectivity index (χ1) is 15.2. The molecule has 0 unspecified atom stereocenters. The van der Waals surface area contributed by atoms with Crippen LogP contribution in [0, 0.1) is 0 Å². The number of allylic oxidation sites excluding steroid dienone is 1. The van der Waals surface area contributed by atoms with Gasteiger partial charge in [-0.3, -0.25) is 9.59 Å². The number of rotatable bonds is 6. The van der Waals surface area contributed by atoms with Crippen molar-refractivity contribution in [2.75, 3.05) is 12.4 Å². The molecule has 0 saturated heterocycles. The van der Waals surface area contributed by atoms with E-state index in [1.165, 1.54) is 18.2 Å². The lowest BCUT2D eigenvalue weighted by Gasteiger charge is -2.35. The average Bonchev–Trinajstić information content (AvgIpc) is 2.72. The molecule has 0 radical (unpaired) electrons. The van der Waals surface area contributed by atoms with E-state index in [1.54, 1.807) is 12.4 Å². The fraction of sp³-hybridized carbons (Fsp3) is 0.304. The summed E-state index contributed by atoms with van der Waals surface area (Å²) >= 11 is 4.31. The number of carbonyl (C=O) groups excluding carboxylic acids is 2. The topological polar surface area (TPSA) is 67.4 Å². The van der Waals surface area contributed by atoms with Gasteiger partial charge in [0, 0.05) is 34.1 Å². The van der Waals surface area contributed by atoms with Crippen LogP contribution in [-0.2, 0) is 11.2 Å². The van der Waals surface area contributed by atoms with E-state index >= 15 is 0 Å². The Hall–Kier alpha value is -3.07. The van der Waals surface area contributed by atoms with Gasteiger partial charge >= 0.3 is 17.2 Å². The van der Waals surface area contributed by atoms with Crippen LogP contribution in [0.25, 0.3) is 5.70 Å². The molecule has 176 valence electrons. The lowest BCUT2D eigenvalue weighted by atomic mass is 9.85. The maximum absolute atomic E-state index is 13.3. The van der Waals surface area contributed by atoms with E-state index < -0.39 is 17.2 Å². The lowest BCUT2D eigenvalue weighted by molar-refractivity contribution is -0.175. The molecule has 0 aliphatic carbocycles. The number of halogens is 5. The molecule has 2 aromatic rings. The van der Waals surface area contributed by atoms with E-state index in [0.717, 1.165) is 29.7 Å². The van der Waals surface area contributed by atoms with Crippen LogP contribution in [-0.4, -0.2) is 35.6 Å². The van der Waals surface area contributed by atoms with E-state index in [1.807, 2.05) is 32.0 Å². The standard InChI is InChI=1S/C23H21ClF4N2O3/c1-21(2)12-14-6-9-16(33-3)10-17(14)18(30-21)11-19(31)13-4-7-15(8-5-13)29-20(32)22(25,26)23(24,27)28/h4-11,30H,12H2,1-3H3,(H,29,32)/b18-11-. The molecule has 0 fully saturated rings. The summed E-state index contributed by atoms with van der Waals surface area (Å²) in [5, 5.41) is -0.0464. The first-order valence-electron chi connectivity index (χ1n) is 9.81. The summed E-state index contributed by atoms with van der Waals surface area (Å²) < 4.78 is 57.5. The molecule has 1 aliphatic rings. The van der Waals surface area contributed by atoms with Crippen LogP contribution in [0.1, 0.15) is 35.3 Å². The fourth-order valence-electron chi connectivity index (χ4n) is 3.42. The van der Waals surface area contributed by atoms with Crippen LogP contribution in [0.2, 0.25) is 0 Å². The number of hydrogen-bond donors (Lipinski definition) is 2. The Morgan fingerprint density at radius 3 is 2.33 bits per heavy atom. The highest BCUT2D eigenvalue weighted by Gasteiger charge is 2.61. The Morgan fingerprint density at radius 1 is 1.12 bits per heavy atom. The molecule has 5 nitrogen and oxygen atoms in total. The SMILES string of the molecule is COc1ccc2c(c1)/C(=C/C(=O)c1ccc(NC(=O)C(F)(F)C(F)(F)Cl)cc1)NC(C)(C)C2. The summed E-state index contributed by atoms with van der Waals surface area (Å²) in [4.78, 5) is 24.3. The minimum absolute atomic E-state index is 0.197. The molecular formula is C23H21ClF4N2O3. The van der Waals surface area contributed by atoms with Crippen molar-refractivity contribution < 1.29 is 31.9 Å². The summed E-state index contributed by atoms with van der Waals surface area (Å²) in [5.41, 5.74) is 2.13. The highest BCUT2D eigenvalue weighted by molar-refractivity contribution is 6.24. The predicted molar refractivity (Wildman–Crippen MR) is 117 cm³/mol. The van der Waals surface area contributed by atoms with Crippen molar-refractivity contribution in [1.82, 2.24) is 5.32 Å². The van der Waals surface area contributed by atoms with Gasteiger partial charge < -0.3 is 15.4 Å². The van der Waals surface area contributed by atoms with Gasteiger partial charge in [0.2, 0.25) is 0 Å². The molecule has 1 aliphatic heterocycles. The number of methoxy groups -OCH3 is 1. The average molecular weight is 485 g/mol. The van der Waals surface area contributed by atoms with Crippen molar-refractivity contribution in [2.45, 2.75) is 37.1 Å². The molecule has 1 amide bonds. The highest BCUT2D eigenvalue weighted by atomic mass is 35.5. The number of carbonyl (C=O) groups is 2. The van der Waals surface area contributed by atoms with Gasteiger partial charge in [0.25, 0.3) is 0 Å². The van der Waals surface area contributed by atoms with Gasteiger partial charge in [-0.2, -0.15) is 17.6 Å². The summed E-state index contributed by atoms with van der Waals surface area (Å²) in [5.74, 6) is -7.13.